The van der Waals surface area contributed by atoms with E-state index >= 15 is 0 Å². The molecule has 2 N–H and O–H groups in total. The smallest absolute Gasteiger partial charge is 0.337 e. The second-order valence-electron chi connectivity index (χ2n) is 5.98. The van der Waals surface area contributed by atoms with Gasteiger partial charge in [-0.05, 0) is 22.9 Å². The van der Waals surface area contributed by atoms with Crippen molar-refractivity contribution in [2.75, 3.05) is 5.32 Å². The lowest BCUT2D eigenvalue weighted by Crippen LogP contribution is -2.19. The van der Waals surface area contributed by atoms with Crippen molar-refractivity contribution in [2.24, 2.45) is 10.2 Å². The van der Waals surface area contributed by atoms with E-state index in [1.54, 1.807) is 12.1 Å². The van der Waals surface area contributed by atoms with E-state index in [-0.39, 0.29) is 17.9 Å². The largest absolute Gasteiger partial charge is 0.478 e. The molecule has 0 fully saturated rings. The fourth-order valence-corrected chi connectivity index (χ4v) is 2.72. The van der Waals surface area contributed by atoms with Gasteiger partial charge in [0.05, 0.1) is 11.3 Å². The van der Waals surface area contributed by atoms with Crippen LogP contribution in [0, 0.1) is 12.3 Å². The number of carboxylic acids is 1. The number of hydrogen-bond acceptors (Lipinski definition) is 4. The molecule has 6 heteroatoms. The maximum Gasteiger partial charge on any atom is 0.337 e. The van der Waals surface area contributed by atoms with Crippen LogP contribution in [0.2, 0.25) is 0 Å². The van der Waals surface area contributed by atoms with Crippen molar-refractivity contribution in [1.82, 2.24) is 0 Å². The van der Waals surface area contributed by atoms with Gasteiger partial charge in [0.1, 0.15) is 0 Å². The second-order valence-corrected chi connectivity index (χ2v) is 5.98. The summed E-state index contributed by atoms with van der Waals surface area (Å²) in [5.74, 6) is 1.19. The second kappa shape index (κ2) is 6.73. The molecule has 1 aliphatic rings. The number of benzene rings is 2. The third-order valence-corrected chi connectivity index (χ3v) is 4.20. The van der Waals surface area contributed by atoms with Crippen LogP contribution >= 0.6 is 0 Å². The minimum Gasteiger partial charge on any atom is -0.478 e. The number of fused-ring (bicyclic) bond motifs is 1. The third-order valence-electron chi connectivity index (χ3n) is 4.20. The number of aromatic carboxylic acids is 1. The summed E-state index contributed by atoms with van der Waals surface area (Å²) in [6, 6.07) is 10.6. The third kappa shape index (κ3) is 3.83. The highest BCUT2D eigenvalue weighted by atomic mass is 16.4. The van der Waals surface area contributed by atoms with Crippen LogP contribution in [0.15, 0.2) is 46.6 Å². The van der Waals surface area contributed by atoms with Gasteiger partial charge in [0.25, 0.3) is 0 Å². The number of nitrogens with one attached hydrogen (secondary N) is 1. The van der Waals surface area contributed by atoms with Gasteiger partial charge in [-0.2, -0.15) is 10.2 Å². The molecule has 0 bridgehead atoms. The van der Waals surface area contributed by atoms with Gasteiger partial charge in [-0.15, -0.1) is 12.3 Å². The molecule has 0 saturated heterocycles. The lowest BCUT2D eigenvalue weighted by Gasteiger charge is -2.12. The maximum absolute atomic E-state index is 12.2. The van der Waals surface area contributed by atoms with Gasteiger partial charge in [-0.1, -0.05) is 24.3 Å². The number of carbonyl (C=O) groups is 2. The van der Waals surface area contributed by atoms with Crippen molar-refractivity contribution >= 4 is 28.3 Å². The van der Waals surface area contributed by atoms with E-state index in [1.807, 2.05) is 24.3 Å². The normalized spacial score (nSPS) is 14.0. The summed E-state index contributed by atoms with van der Waals surface area (Å²) in [5.41, 5.74) is -0.170. The van der Waals surface area contributed by atoms with Gasteiger partial charge in [0, 0.05) is 25.7 Å². The predicted octanol–water partition coefficient (Wildman–Crippen LogP) is 3.83. The molecule has 6 nitrogen and oxygen atoms in total. The molecule has 2 aromatic carbocycles. The number of nitrogens with zero attached hydrogens (tertiary/aromatic N) is 2. The predicted molar refractivity (Wildman–Crippen MR) is 94.4 cm³/mol. The van der Waals surface area contributed by atoms with Crippen LogP contribution in [-0.2, 0) is 4.79 Å². The van der Waals surface area contributed by atoms with Crippen molar-refractivity contribution in [3.63, 3.8) is 0 Å². The van der Waals surface area contributed by atoms with Gasteiger partial charge in [0.2, 0.25) is 5.91 Å². The number of anilines is 1. The van der Waals surface area contributed by atoms with Gasteiger partial charge in [0.15, 0.2) is 5.66 Å². The summed E-state index contributed by atoms with van der Waals surface area (Å²) in [6.45, 7) is 0. The van der Waals surface area contributed by atoms with Crippen LogP contribution in [0.25, 0.3) is 10.8 Å². The zero-order valence-corrected chi connectivity index (χ0v) is 13.5. The minimum atomic E-state index is -1.08. The molecule has 0 atom stereocenters. The first-order valence-corrected chi connectivity index (χ1v) is 7.96. The van der Waals surface area contributed by atoms with E-state index in [0.29, 0.717) is 24.9 Å². The van der Waals surface area contributed by atoms with Crippen molar-refractivity contribution < 1.29 is 14.7 Å². The highest BCUT2D eigenvalue weighted by molar-refractivity contribution is 6.05. The van der Waals surface area contributed by atoms with Crippen molar-refractivity contribution in [2.45, 2.75) is 31.3 Å². The Labute approximate surface area is 145 Å². The Hall–Kier alpha value is -3.20. The summed E-state index contributed by atoms with van der Waals surface area (Å²) in [4.78, 5) is 23.7. The quantitative estimate of drug-likeness (QED) is 0.753. The molecule has 0 saturated carbocycles. The van der Waals surface area contributed by atoms with E-state index in [2.05, 4.69) is 21.5 Å². The lowest BCUT2D eigenvalue weighted by molar-refractivity contribution is -0.116. The highest BCUT2D eigenvalue weighted by Crippen LogP contribution is 2.37. The molecule has 1 amide bonds. The molecule has 1 aliphatic heterocycles. The average Bonchev–Trinajstić information content (AvgIpc) is 3.38. The summed E-state index contributed by atoms with van der Waals surface area (Å²) in [6.07, 6.45) is 7.10. The van der Waals surface area contributed by atoms with Gasteiger partial charge >= 0.3 is 5.97 Å². The van der Waals surface area contributed by atoms with Crippen LogP contribution < -0.4 is 5.32 Å². The molecular formula is C19H17N3O3. The molecule has 126 valence electrons. The van der Waals surface area contributed by atoms with Crippen LogP contribution in [0.1, 0.15) is 36.0 Å². The number of carbonyl (C=O) groups excluding carboxylic acids is 1. The van der Waals surface area contributed by atoms with Gasteiger partial charge < -0.3 is 10.4 Å². The van der Waals surface area contributed by atoms with E-state index in [0.717, 1.165) is 10.8 Å². The van der Waals surface area contributed by atoms with E-state index in [4.69, 9.17) is 6.42 Å². The summed E-state index contributed by atoms with van der Waals surface area (Å²) in [5, 5.41) is 21.8. The SMILES string of the molecule is C#CCCC1(CCC(=O)Nc2cc3ccccc3cc2C(=O)O)N=N1. The Kier molecular flexibility index (Phi) is 4.48. The van der Waals surface area contributed by atoms with Gasteiger partial charge in [-0.3, -0.25) is 4.79 Å². The topological polar surface area (TPSA) is 91.1 Å². The average molecular weight is 335 g/mol. The molecule has 3 rings (SSSR count). The minimum absolute atomic E-state index is 0.0647. The number of terminal acetylenes is 1. The zero-order valence-electron chi connectivity index (χ0n) is 13.5. The lowest BCUT2D eigenvalue weighted by atomic mass is 10.0. The van der Waals surface area contributed by atoms with Crippen molar-refractivity contribution in [3.05, 3.63) is 42.0 Å². The standard InChI is InChI=1S/C19H17N3O3/c1-2-3-9-19(21-22-19)10-8-17(23)20-16-12-14-7-5-4-6-13(14)11-15(16)18(24)25/h1,4-7,11-12H,3,8-10H2,(H,20,23)(H,24,25). The van der Waals surface area contributed by atoms with Crippen LogP contribution in [0.4, 0.5) is 5.69 Å². The molecule has 0 unspecified atom stereocenters. The first-order chi connectivity index (χ1) is 12.0. The first kappa shape index (κ1) is 16.7. The Bertz CT molecular complexity index is 906. The number of hydrogen-bond donors (Lipinski definition) is 2. The zero-order chi connectivity index (χ0) is 17.9. The summed E-state index contributed by atoms with van der Waals surface area (Å²) < 4.78 is 0. The van der Waals surface area contributed by atoms with Crippen molar-refractivity contribution in [3.8, 4) is 12.3 Å². The monoisotopic (exact) mass is 335 g/mol. The Morgan fingerprint density at radius 3 is 2.44 bits per heavy atom. The molecule has 2 aromatic rings. The van der Waals surface area contributed by atoms with E-state index < -0.39 is 11.6 Å². The molecular weight excluding hydrogens is 318 g/mol. The fraction of sp³-hybridized carbons (Fsp3) is 0.263. The molecule has 0 radical (unpaired) electrons. The van der Waals surface area contributed by atoms with E-state index in [9.17, 15) is 14.7 Å². The first-order valence-electron chi connectivity index (χ1n) is 7.96. The van der Waals surface area contributed by atoms with Gasteiger partial charge in [-0.25, -0.2) is 4.79 Å². The molecule has 0 spiro atoms. The van der Waals surface area contributed by atoms with Crippen LogP contribution in [-0.4, -0.2) is 22.6 Å². The summed E-state index contributed by atoms with van der Waals surface area (Å²) >= 11 is 0. The Morgan fingerprint density at radius 2 is 1.84 bits per heavy atom. The Morgan fingerprint density at radius 1 is 1.16 bits per heavy atom. The molecule has 1 heterocycles. The fourth-order valence-electron chi connectivity index (χ4n) is 2.72. The van der Waals surface area contributed by atoms with Crippen LogP contribution in [0.3, 0.4) is 0 Å². The highest BCUT2D eigenvalue weighted by Gasteiger charge is 2.39. The van der Waals surface area contributed by atoms with Crippen LogP contribution in [0.5, 0.6) is 0 Å². The van der Waals surface area contributed by atoms with Crippen molar-refractivity contribution in [1.29, 1.82) is 0 Å². The molecule has 25 heavy (non-hydrogen) atoms. The van der Waals surface area contributed by atoms with E-state index in [1.165, 1.54) is 0 Å². The molecule has 0 aliphatic carbocycles. The Balaban J connectivity index is 1.71. The summed E-state index contributed by atoms with van der Waals surface area (Å²) in [7, 11) is 0. The molecule has 0 aromatic heterocycles. The number of carboxylic acid groups (broad SMARTS) is 1. The number of rotatable bonds is 7. The number of amides is 1. The maximum atomic E-state index is 12.2.